The molecule has 2 aromatic carbocycles. The minimum absolute atomic E-state index is 0.0231. The van der Waals surface area contributed by atoms with Crippen molar-refractivity contribution in [2.24, 2.45) is 0 Å². The van der Waals surface area contributed by atoms with Gasteiger partial charge in [-0.1, -0.05) is 12.1 Å². The summed E-state index contributed by atoms with van der Waals surface area (Å²) in [7, 11) is 4.71. The van der Waals surface area contributed by atoms with E-state index < -0.39 is 35.5 Å². The van der Waals surface area contributed by atoms with Gasteiger partial charge in [0.2, 0.25) is 5.95 Å². The Bertz CT molecular complexity index is 1650. The Morgan fingerprint density at radius 2 is 1.95 bits per heavy atom. The van der Waals surface area contributed by atoms with E-state index in [-0.39, 0.29) is 46.3 Å². The van der Waals surface area contributed by atoms with Crippen LogP contribution in [-0.2, 0) is 20.4 Å². The number of esters is 1. The number of fused-ring (bicyclic) bond motifs is 1. The number of nitrogens with zero attached hydrogens (tertiary/aromatic N) is 5. The van der Waals surface area contributed by atoms with Gasteiger partial charge >= 0.3 is 23.9 Å². The van der Waals surface area contributed by atoms with E-state index >= 15 is 0 Å². The van der Waals surface area contributed by atoms with Crippen LogP contribution in [0.5, 0.6) is 0 Å². The lowest BCUT2D eigenvalue weighted by Gasteiger charge is -2.36. The molecule has 42 heavy (non-hydrogen) atoms. The molecule has 1 atom stereocenters. The minimum Gasteiger partial charge on any atom is -0.466 e. The number of hydrogen-bond acceptors (Lipinski definition) is 9. The van der Waals surface area contributed by atoms with Crippen molar-refractivity contribution in [2.75, 3.05) is 44.6 Å². The van der Waals surface area contributed by atoms with Crippen LogP contribution in [0.1, 0.15) is 29.7 Å². The van der Waals surface area contributed by atoms with Crippen molar-refractivity contribution in [2.45, 2.75) is 19.1 Å². The second kappa shape index (κ2) is 11.8. The van der Waals surface area contributed by atoms with E-state index in [1.807, 2.05) is 6.07 Å². The Labute approximate surface area is 237 Å². The number of allylic oxidation sites excluding steroid dienone is 1. The van der Waals surface area contributed by atoms with Gasteiger partial charge < -0.3 is 14.4 Å². The summed E-state index contributed by atoms with van der Waals surface area (Å²) >= 11 is 0. The number of carbonyl (C=O) groups excluding carboxylic acids is 2. The van der Waals surface area contributed by atoms with Gasteiger partial charge in [-0.15, -0.1) is 5.10 Å². The van der Waals surface area contributed by atoms with Crippen LogP contribution >= 0.6 is 0 Å². The van der Waals surface area contributed by atoms with Crippen molar-refractivity contribution in [3.63, 3.8) is 0 Å². The molecular weight excluding hydrogens is 559 g/mol. The number of likely N-dealkylation sites (N-methyl/N-ethyl adjacent to an activating group) is 1. The summed E-state index contributed by atoms with van der Waals surface area (Å²) in [4.78, 5) is 42.1. The van der Waals surface area contributed by atoms with E-state index in [4.69, 9.17) is 9.47 Å². The number of amides is 1. The molecule has 220 valence electrons. The summed E-state index contributed by atoms with van der Waals surface area (Å²) in [5, 5.41) is 18.4. The number of halogens is 3. The average Bonchev–Trinajstić information content (AvgIpc) is 3.32. The van der Waals surface area contributed by atoms with Crippen LogP contribution in [0.2, 0.25) is 0 Å². The van der Waals surface area contributed by atoms with E-state index in [1.54, 1.807) is 19.0 Å². The van der Waals surface area contributed by atoms with Crippen molar-refractivity contribution in [3.05, 3.63) is 80.9 Å². The number of methoxy groups -OCH3 is 1. The van der Waals surface area contributed by atoms with Crippen molar-refractivity contribution in [3.8, 4) is 6.07 Å². The maximum atomic E-state index is 13.6. The van der Waals surface area contributed by atoms with Crippen molar-refractivity contribution in [1.82, 2.24) is 19.7 Å². The smallest absolute Gasteiger partial charge is 0.416 e. The van der Waals surface area contributed by atoms with Gasteiger partial charge in [0.05, 0.1) is 35.6 Å². The van der Waals surface area contributed by atoms with Crippen LogP contribution in [0.4, 0.5) is 35.3 Å². The molecule has 12 nitrogen and oxygen atoms in total. The molecule has 1 amide bonds. The molecule has 2 heterocycles. The number of rotatable bonds is 7. The van der Waals surface area contributed by atoms with Crippen LogP contribution < -0.4 is 15.9 Å². The third-order valence-electron chi connectivity index (χ3n) is 6.47. The van der Waals surface area contributed by atoms with Gasteiger partial charge in [-0.05, 0) is 51.4 Å². The fourth-order valence-corrected chi connectivity index (χ4v) is 4.52. The lowest BCUT2D eigenvalue weighted by Crippen LogP contribution is -2.38. The fourth-order valence-electron chi connectivity index (χ4n) is 4.52. The van der Waals surface area contributed by atoms with Crippen LogP contribution in [0.15, 0.2) is 58.5 Å². The first kappa shape index (κ1) is 29.9. The van der Waals surface area contributed by atoms with Crippen LogP contribution in [0, 0.1) is 11.3 Å². The first-order valence-electron chi connectivity index (χ1n) is 12.4. The van der Waals surface area contributed by atoms with Crippen LogP contribution in [-0.4, -0.2) is 66.1 Å². The number of nitriles is 1. The lowest BCUT2D eigenvalue weighted by molar-refractivity contribution is -0.138. The summed E-state index contributed by atoms with van der Waals surface area (Å²) in [6.45, 7) is 1.96. The standard InChI is InChI=1S/C27H26F3N7O5/c1-15-21(23(38)41-4)22(19-9-8-16(14-31)12-20(19)32-26(40)42-11-10-35(2)3)37-24(33-34-25(37)39)36(15)18-7-5-6-17(13-18)27(28,29)30/h5-9,12-13,22H,10-11H2,1-4H3,(H,32,40)(H,34,39)/t22-/m1/s1. The molecule has 0 saturated carbocycles. The second-order valence-corrected chi connectivity index (χ2v) is 9.45. The molecule has 4 rings (SSSR count). The predicted molar refractivity (Wildman–Crippen MR) is 144 cm³/mol. The van der Waals surface area contributed by atoms with Crippen LogP contribution in [0.25, 0.3) is 0 Å². The molecule has 0 saturated heterocycles. The van der Waals surface area contributed by atoms with Crippen LogP contribution in [0.3, 0.4) is 0 Å². The first-order valence-corrected chi connectivity index (χ1v) is 12.4. The van der Waals surface area contributed by atoms with Crippen molar-refractivity contribution >= 4 is 29.4 Å². The Hall–Kier alpha value is -5.10. The maximum absolute atomic E-state index is 13.6. The molecule has 0 aliphatic carbocycles. The number of ether oxygens (including phenoxy) is 2. The number of anilines is 3. The summed E-state index contributed by atoms with van der Waals surface area (Å²) in [5.74, 6) is -1.02. The lowest BCUT2D eigenvalue weighted by atomic mass is 9.92. The molecule has 0 bridgehead atoms. The zero-order chi connectivity index (χ0) is 30.8. The summed E-state index contributed by atoms with van der Waals surface area (Å²) in [6.07, 6.45) is -5.51. The molecular formula is C27H26F3N7O5. The normalized spacial score (nSPS) is 14.8. The number of benzene rings is 2. The number of nitrogens with one attached hydrogen (secondary N) is 2. The molecule has 0 radical (unpaired) electrons. The Morgan fingerprint density at radius 1 is 1.21 bits per heavy atom. The molecule has 1 aromatic heterocycles. The highest BCUT2D eigenvalue weighted by molar-refractivity contribution is 5.95. The minimum atomic E-state index is -4.66. The van der Waals surface area contributed by atoms with Gasteiger partial charge in [-0.3, -0.25) is 10.2 Å². The average molecular weight is 586 g/mol. The Morgan fingerprint density at radius 3 is 2.60 bits per heavy atom. The summed E-state index contributed by atoms with van der Waals surface area (Å²) in [5.41, 5.74) is -1.40. The number of aromatic nitrogens is 3. The van der Waals surface area contributed by atoms with Crippen molar-refractivity contribution in [1.29, 1.82) is 5.26 Å². The quantitative estimate of drug-likeness (QED) is 0.396. The first-order chi connectivity index (χ1) is 19.9. The molecule has 0 spiro atoms. The molecule has 15 heteroatoms. The third-order valence-corrected chi connectivity index (χ3v) is 6.47. The Kier molecular flexibility index (Phi) is 8.39. The van der Waals surface area contributed by atoms with E-state index in [0.29, 0.717) is 6.54 Å². The fraction of sp³-hybridized carbons (Fsp3) is 0.296. The third kappa shape index (κ3) is 5.84. The number of aromatic amines is 1. The summed E-state index contributed by atoms with van der Waals surface area (Å²) < 4.78 is 52.0. The van der Waals surface area contributed by atoms with Gasteiger partial charge in [0.25, 0.3) is 0 Å². The SMILES string of the molecule is COC(=O)C1=C(C)N(c2cccc(C(F)(F)F)c2)c2n[nH]c(=O)n2[C@@H]1c1ccc(C#N)cc1NC(=O)OCCN(C)C. The van der Waals surface area contributed by atoms with Gasteiger partial charge in [0.1, 0.15) is 12.6 Å². The van der Waals surface area contributed by atoms with Gasteiger partial charge in [-0.2, -0.15) is 18.4 Å². The predicted octanol–water partition coefficient (Wildman–Crippen LogP) is 3.76. The highest BCUT2D eigenvalue weighted by Gasteiger charge is 2.41. The second-order valence-electron chi connectivity index (χ2n) is 9.45. The number of alkyl halides is 3. The molecule has 1 aliphatic heterocycles. The highest BCUT2D eigenvalue weighted by atomic mass is 19.4. The zero-order valence-electron chi connectivity index (χ0n) is 22.9. The van der Waals surface area contributed by atoms with Gasteiger partial charge in [0, 0.05) is 23.5 Å². The number of hydrogen-bond donors (Lipinski definition) is 2. The van der Waals surface area contributed by atoms with E-state index in [0.717, 1.165) is 23.8 Å². The molecule has 1 aliphatic rings. The highest BCUT2D eigenvalue weighted by Crippen LogP contribution is 2.44. The Balaban J connectivity index is 1.91. The molecule has 2 N–H and O–H groups in total. The van der Waals surface area contributed by atoms with E-state index in [2.05, 4.69) is 15.5 Å². The monoisotopic (exact) mass is 585 g/mol. The van der Waals surface area contributed by atoms with E-state index in [1.165, 1.54) is 42.2 Å². The van der Waals surface area contributed by atoms with E-state index in [9.17, 15) is 32.8 Å². The topological polar surface area (TPSA) is 146 Å². The molecule has 0 unspecified atom stereocenters. The number of carbonyl (C=O) groups is 2. The molecule has 3 aromatic rings. The zero-order valence-corrected chi connectivity index (χ0v) is 22.9. The van der Waals surface area contributed by atoms with Crippen molar-refractivity contribution < 1.29 is 32.2 Å². The maximum Gasteiger partial charge on any atom is 0.416 e. The largest absolute Gasteiger partial charge is 0.466 e. The summed E-state index contributed by atoms with van der Waals surface area (Å²) in [6, 6.07) is 9.21. The molecule has 0 fully saturated rings. The van der Waals surface area contributed by atoms with Gasteiger partial charge in [-0.25, -0.2) is 24.0 Å². The number of H-pyrrole nitrogens is 1. The van der Waals surface area contributed by atoms with Gasteiger partial charge in [0.15, 0.2) is 0 Å².